The topological polar surface area (TPSA) is 93.6 Å². The molecule has 3 aromatic rings. The van der Waals surface area contributed by atoms with Gasteiger partial charge < -0.3 is 9.64 Å². The number of aromatic nitrogens is 1. The van der Waals surface area contributed by atoms with Crippen molar-refractivity contribution in [1.82, 2.24) is 9.88 Å². The van der Waals surface area contributed by atoms with Gasteiger partial charge in [-0.05, 0) is 65.3 Å². The highest BCUT2D eigenvalue weighted by Gasteiger charge is 2.36. The van der Waals surface area contributed by atoms with Gasteiger partial charge in [-0.2, -0.15) is 0 Å². The first-order chi connectivity index (χ1) is 18.4. The summed E-state index contributed by atoms with van der Waals surface area (Å²) in [6.45, 7) is 6.21. The third-order valence-corrected chi connectivity index (χ3v) is 10.5. The number of hydrogen-bond donors (Lipinski definition) is 0. The molecule has 1 aromatic carbocycles. The molecule has 0 bridgehead atoms. The first kappa shape index (κ1) is 27.5. The molecule has 2 aliphatic rings. The van der Waals surface area contributed by atoms with Crippen molar-refractivity contribution in [2.75, 3.05) is 25.2 Å². The molecule has 3 heterocycles. The molecule has 9 heteroatoms. The summed E-state index contributed by atoms with van der Waals surface area (Å²) in [6, 6.07) is 11.2. The lowest BCUT2D eigenvalue weighted by Crippen LogP contribution is -2.40. The number of amides is 1. The van der Waals surface area contributed by atoms with Crippen molar-refractivity contribution in [3.63, 3.8) is 0 Å². The number of ether oxygens (including phenoxy) is 1. The van der Waals surface area contributed by atoms with Gasteiger partial charge in [-0.1, -0.05) is 45.0 Å². The van der Waals surface area contributed by atoms with E-state index in [2.05, 4.69) is 32.9 Å². The van der Waals surface area contributed by atoms with Gasteiger partial charge in [0.15, 0.2) is 16.4 Å². The minimum Gasteiger partial charge on any atom is -0.452 e. The Morgan fingerprint density at radius 1 is 1.15 bits per heavy atom. The highest BCUT2D eigenvalue weighted by molar-refractivity contribution is 7.91. The number of esters is 1. The third kappa shape index (κ3) is 5.79. The Labute approximate surface area is 233 Å². The van der Waals surface area contributed by atoms with E-state index in [0.717, 1.165) is 28.1 Å². The fourth-order valence-corrected chi connectivity index (χ4v) is 7.96. The van der Waals surface area contributed by atoms with E-state index in [9.17, 15) is 18.0 Å². The van der Waals surface area contributed by atoms with Crippen LogP contribution in [0.25, 0.3) is 22.6 Å². The van der Waals surface area contributed by atoms with Crippen molar-refractivity contribution in [3.8, 4) is 0 Å². The van der Waals surface area contributed by atoms with Crippen molar-refractivity contribution < 1.29 is 22.7 Å². The zero-order valence-electron chi connectivity index (χ0n) is 22.8. The molecular formula is C30H34N2O5S2. The highest BCUT2D eigenvalue weighted by atomic mass is 32.2. The minimum absolute atomic E-state index is 0.000649. The molecule has 1 aliphatic carbocycles. The fourth-order valence-electron chi connectivity index (χ4n) is 5.50. The molecule has 2 aromatic heterocycles. The molecule has 2 atom stereocenters. The zero-order chi connectivity index (χ0) is 27.9. The second-order valence-corrected chi connectivity index (χ2v) is 14.8. The summed E-state index contributed by atoms with van der Waals surface area (Å²) in [5.74, 6) is -0.679. The Balaban J connectivity index is 1.51. The van der Waals surface area contributed by atoms with Crippen LogP contribution in [0.4, 0.5) is 0 Å². The maximum atomic E-state index is 13.7. The minimum atomic E-state index is -3.14. The van der Waals surface area contributed by atoms with E-state index in [1.54, 1.807) is 18.4 Å². The number of allylic oxidation sites excluding steroid dienone is 1. The number of nitrogens with zero attached hydrogens (tertiary/aromatic N) is 2. The summed E-state index contributed by atoms with van der Waals surface area (Å²) in [4.78, 5) is 34.2. The average molecular weight is 567 g/mol. The van der Waals surface area contributed by atoms with Gasteiger partial charge in [-0.3, -0.25) is 4.79 Å². The van der Waals surface area contributed by atoms with Crippen LogP contribution in [0.3, 0.4) is 0 Å². The van der Waals surface area contributed by atoms with E-state index in [1.807, 2.05) is 35.7 Å². The van der Waals surface area contributed by atoms with Crippen LogP contribution in [0.5, 0.6) is 0 Å². The van der Waals surface area contributed by atoms with Crippen LogP contribution in [0.2, 0.25) is 0 Å². The molecular weight excluding hydrogens is 532 g/mol. The number of fused-ring (bicyclic) bond motifs is 2. The molecule has 1 amide bonds. The van der Waals surface area contributed by atoms with Crippen LogP contribution in [0.15, 0.2) is 41.8 Å². The van der Waals surface area contributed by atoms with Crippen molar-refractivity contribution in [2.24, 2.45) is 11.3 Å². The predicted octanol–water partition coefficient (Wildman–Crippen LogP) is 5.25. The summed E-state index contributed by atoms with van der Waals surface area (Å²) < 4.78 is 29.4. The lowest BCUT2D eigenvalue weighted by molar-refractivity contribution is -0.134. The number of sulfone groups is 1. The number of rotatable bonds is 5. The lowest BCUT2D eigenvalue weighted by atomic mass is 9.69. The second-order valence-electron chi connectivity index (χ2n) is 11.6. The molecule has 2 unspecified atom stereocenters. The van der Waals surface area contributed by atoms with Crippen molar-refractivity contribution >= 4 is 55.6 Å². The number of pyridine rings is 1. The first-order valence-electron chi connectivity index (χ1n) is 13.2. The number of hydrogen-bond acceptors (Lipinski definition) is 7. The number of carbonyl (C=O) groups is 2. The fraction of sp³-hybridized carbons (Fsp3) is 0.433. The number of likely N-dealkylation sites (N-methyl/N-ethyl adjacent to an activating group) is 1. The molecule has 1 saturated heterocycles. The Bertz CT molecular complexity index is 1550. The van der Waals surface area contributed by atoms with Crippen LogP contribution in [0, 0.1) is 11.3 Å². The van der Waals surface area contributed by atoms with Crippen molar-refractivity contribution in [1.29, 1.82) is 0 Å². The molecule has 0 N–H and O–H groups in total. The van der Waals surface area contributed by atoms with Crippen molar-refractivity contribution in [3.05, 3.63) is 63.5 Å². The number of thiophene rings is 1. The zero-order valence-corrected chi connectivity index (χ0v) is 24.4. The number of para-hydroxylation sites is 1. The standard InChI is InChI=1S/C30H34N2O5S2/c1-30(2,3)20-14-19(15-22-8-7-12-38-22)28-24(16-20)27(23-9-5-6-10-25(23)31-28)29(34)37-17-26(33)32(4)21-11-13-39(35,36)18-21/h5-10,12,15,20-21H,11,13-14,16-18H2,1-4H3/b19-15+. The van der Waals surface area contributed by atoms with Crippen LogP contribution in [-0.2, 0) is 25.8 Å². The highest BCUT2D eigenvalue weighted by Crippen LogP contribution is 2.45. The normalized spacial score (nSPS) is 21.6. The maximum Gasteiger partial charge on any atom is 0.339 e. The quantitative estimate of drug-likeness (QED) is 0.392. The van der Waals surface area contributed by atoms with Crippen LogP contribution in [-0.4, -0.2) is 61.4 Å². The van der Waals surface area contributed by atoms with Gasteiger partial charge in [0.25, 0.3) is 5.91 Å². The van der Waals surface area contributed by atoms with Gasteiger partial charge in [0, 0.05) is 23.4 Å². The monoisotopic (exact) mass is 566 g/mol. The van der Waals surface area contributed by atoms with E-state index in [0.29, 0.717) is 29.3 Å². The van der Waals surface area contributed by atoms with Gasteiger partial charge in [0.05, 0.1) is 28.3 Å². The van der Waals surface area contributed by atoms with E-state index in [4.69, 9.17) is 9.72 Å². The molecule has 0 saturated carbocycles. The molecule has 1 aliphatic heterocycles. The summed E-state index contributed by atoms with van der Waals surface area (Å²) in [6.07, 6.45) is 4.10. The number of carbonyl (C=O) groups excluding carboxylic acids is 2. The molecule has 206 valence electrons. The lowest BCUT2D eigenvalue weighted by Gasteiger charge is -2.36. The summed E-state index contributed by atoms with van der Waals surface area (Å²) in [5, 5.41) is 2.75. The Morgan fingerprint density at radius 2 is 1.92 bits per heavy atom. The van der Waals surface area contributed by atoms with E-state index < -0.39 is 34.4 Å². The molecule has 1 fully saturated rings. The van der Waals surface area contributed by atoms with Crippen LogP contribution < -0.4 is 0 Å². The molecule has 5 rings (SSSR count). The Morgan fingerprint density at radius 3 is 2.59 bits per heavy atom. The van der Waals surface area contributed by atoms with Gasteiger partial charge >= 0.3 is 5.97 Å². The average Bonchev–Trinajstić information content (AvgIpc) is 3.53. The first-order valence-corrected chi connectivity index (χ1v) is 15.9. The molecule has 39 heavy (non-hydrogen) atoms. The second kappa shape index (κ2) is 10.5. The van der Waals surface area contributed by atoms with E-state index in [-0.39, 0.29) is 22.8 Å². The van der Waals surface area contributed by atoms with Crippen LogP contribution in [0.1, 0.15) is 60.1 Å². The molecule has 0 radical (unpaired) electrons. The molecule has 7 nitrogen and oxygen atoms in total. The largest absolute Gasteiger partial charge is 0.452 e. The number of benzene rings is 1. The Hall–Kier alpha value is -3.04. The summed E-state index contributed by atoms with van der Waals surface area (Å²) in [5.41, 5.74) is 3.93. The summed E-state index contributed by atoms with van der Waals surface area (Å²) >= 11 is 1.66. The summed E-state index contributed by atoms with van der Waals surface area (Å²) in [7, 11) is -1.57. The van der Waals surface area contributed by atoms with Crippen molar-refractivity contribution in [2.45, 2.75) is 46.1 Å². The predicted molar refractivity (Wildman–Crippen MR) is 155 cm³/mol. The van der Waals surface area contributed by atoms with E-state index in [1.165, 1.54) is 4.90 Å². The molecule has 0 spiro atoms. The Kier molecular flexibility index (Phi) is 7.41. The smallest absolute Gasteiger partial charge is 0.339 e. The van der Waals surface area contributed by atoms with E-state index >= 15 is 0 Å². The van der Waals surface area contributed by atoms with Gasteiger partial charge in [-0.15, -0.1) is 11.3 Å². The maximum absolute atomic E-state index is 13.7. The van der Waals surface area contributed by atoms with Gasteiger partial charge in [0.1, 0.15) is 0 Å². The van der Waals surface area contributed by atoms with Gasteiger partial charge in [-0.25, -0.2) is 18.2 Å². The third-order valence-electron chi connectivity index (χ3n) is 7.98. The van der Waals surface area contributed by atoms with Crippen LogP contribution >= 0.6 is 11.3 Å². The SMILES string of the molecule is CN(C(=O)COC(=O)c1c2c(nc3ccccc13)/C(=C/c1cccs1)CC(C(C)(C)C)C2)C1CCS(=O)(=O)C1. The van der Waals surface area contributed by atoms with Gasteiger partial charge in [0.2, 0.25) is 0 Å².